The maximum absolute atomic E-state index is 13.1. The highest BCUT2D eigenvalue weighted by molar-refractivity contribution is 5.98. The summed E-state index contributed by atoms with van der Waals surface area (Å²) in [7, 11) is 0. The molecule has 1 saturated heterocycles. The topological polar surface area (TPSA) is 71.5 Å². The molecule has 0 saturated carbocycles. The average molecular weight is 411 g/mol. The van der Waals surface area contributed by atoms with Gasteiger partial charge >= 0.3 is 0 Å². The molecule has 2 atom stereocenters. The summed E-state index contributed by atoms with van der Waals surface area (Å²) in [6.45, 7) is 3.08. The van der Waals surface area contributed by atoms with Crippen molar-refractivity contribution in [1.29, 1.82) is 0 Å². The molecule has 2 aliphatic rings. The summed E-state index contributed by atoms with van der Waals surface area (Å²) in [5.41, 5.74) is 2.84. The van der Waals surface area contributed by atoms with Crippen molar-refractivity contribution in [2.24, 2.45) is 0 Å². The van der Waals surface area contributed by atoms with E-state index < -0.39 is 5.92 Å². The number of aromatic nitrogens is 1. The molecule has 158 valence electrons. The highest BCUT2D eigenvalue weighted by atomic mass is 19.1. The summed E-state index contributed by atoms with van der Waals surface area (Å²) in [6.07, 6.45) is 4.00. The van der Waals surface area contributed by atoms with Gasteiger partial charge in [-0.05, 0) is 75.4 Å². The van der Waals surface area contributed by atoms with Crippen molar-refractivity contribution in [3.05, 3.63) is 53.6 Å². The molecule has 2 aliphatic heterocycles. The fourth-order valence-corrected chi connectivity index (χ4v) is 3.96. The second-order valence-electron chi connectivity index (χ2n) is 7.87. The van der Waals surface area contributed by atoms with Crippen molar-refractivity contribution < 1.29 is 18.7 Å². The molecule has 30 heavy (non-hydrogen) atoms. The fraction of sp³-hybridized carbons (Fsp3) is 0.435. The summed E-state index contributed by atoms with van der Waals surface area (Å²) < 4.78 is 18.7. The third-order valence-electron chi connectivity index (χ3n) is 5.73. The number of anilines is 2. The molecule has 7 heteroatoms. The van der Waals surface area contributed by atoms with Crippen molar-refractivity contribution in [2.75, 3.05) is 23.4 Å². The van der Waals surface area contributed by atoms with Gasteiger partial charge in [-0.25, -0.2) is 4.39 Å². The van der Waals surface area contributed by atoms with Gasteiger partial charge in [-0.1, -0.05) is 0 Å². The van der Waals surface area contributed by atoms with E-state index in [0.717, 1.165) is 43.5 Å². The van der Waals surface area contributed by atoms with Crippen LogP contribution in [0, 0.1) is 5.82 Å². The monoisotopic (exact) mass is 411 g/mol. The Labute approximate surface area is 175 Å². The number of hydrogen-bond acceptors (Lipinski definition) is 4. The lowest BCUT2D eigenvalue weighted by atomic mass is 10.0. The van der Waals surface area contributed by atoms with Gasteiger partial charge in [0.15, 0.2) is 0 Å². The molecule has 2 amide bonds. The average Bonchev–Trinajstić information content (AvgIpc) is 2.79. The Bertz CT molecular complexity index is 926. The largest absolute Gasteiger partial charge is 0.368 e. The Morgan fingerprint density at radius 3 is 2.70 bits per heavy atom. The van der Waals surface area contributed by atoms with Crippen LogP contribution >= 0.6 is 0 Å². The number of nitrogens with one attached hydrogen (secondary N) is 1. The molecule has 3 heterocycles. The number of halogens is 1. The molecule has 1 N–H and O–H groups in total. The number of fused-ring (bicyclic) bond motifs is 1. The second-order valence-corrected chi connectivity index (χ2v) is 7.87. The molecular formula is C23H26FN3O3. The zero-order valence-electron chi connectivity index (χ0n) is 17.1. The van der Waals surface area contributed by atoms with Crippen molar-refractivity contribution in [2.45, 2.75) is 51.0 Å². The van der Waals surface area contributed by atoms with E-state index in [1.165, 1.54) is 24.3 Å². The Kier molecular flexibility index (Phi) is 6.08. The Hall–Kier alpha value is -2.80. The van der Waals surface area contributed by atoms with E-state index in [0.29, 0.717) is 24.5 Å². The number of ether oxygens (including phenoxy) is 1. The predicted octanol–water partition coefficient (Wildman–Crippen LogP) is 3.81. The molecule has 6 nitrogen and oxygen atoms in total. The van der Waals surface area contributed by atoms with Crippen LogP contribution in [0.3, 0.4) is 0 Å². The smallest absolute Gasteiger partial charge is 0.256 e. The van der Waals surface area contributed by atoms with E-state index in [1.54, 1.807) is 17.9 Å². The molecule has 0 aliphatic carbocycles. The molecule has 2 aromatic rings. The highest BCUT2D eigenvalue weighted by Gasteiger charge is 2.31. The van der Waals surface area contributed by atoms with Crippen LogP contribution < -0.4 is 10.2 Å². The van der Waals surface area contributed by atoms with Crippen LogP contribution in [0.25, 0.3) is 0 Å². The number of rotatable bonds is 4. The van der Waals surface area contributed by atoms with Gasteiger partial charge in [-0.2, -0.15) is 0 Å². The van der Waals surface area contributed by atoms with Crippen LogP contribution in [0.15, 0.2) is 36.4 Å². The Balaban J connectivity index is 1.49. The lowest BCUT2D eigenvalue weighted by Crippen LogP contribution is -2.44. The molecule has 0 radical (unpaired) electrons. The number of pyridine rings is 1. The van der Waals surface area contributed by atoms with Gasteiger partial charge in [0.1, 0.15) is 11.9 Å². The van der Waals surface area contributed by atoms with Crippen LogP contribution in [0.4, 0.5) is 15.8 Å². The van der Waals surface area contributed by atoms with Crippen LogP contribution in [0.5, 0.6) is 0 Å². The quantitative estimate of drug-likeness (QED) is 0.831. The Morgan fingerprint density at radius 2 is 1.97 bits per heavy atom. The normalized spacial score (nSPS) is 19.7. The first-order valence-electron chi connectivity index (χ1n) is 10.5. The maximum atomic E-state index is 13.1. The molecule has 1 aromatic heterocycles. The minimum Gasteiger partial charge on any atom is -0.368 e. The van der Waals surface area contributed by atoms with Gasteiger partial charge < -0.3 is 15.0 Å². The first-order chi connectivity index (χ1) is 14.5. The number of carbonyl (C=O) groups excluding carboxylic acids is 2. The van der Waals surface area contributed by atoms with E-state index in [4.69, 9.17) is 9.72 Å². The van der Waals surface area contributed by atoms with E-state index >= 15 is 0 Å². The molecule has 1 fully saturated rings. The van der Waals surface area contributed by atoms with Gasteiger partial charge in [0.05, 0.1) is 23.0 Å². The van der Waals surface area contributed by atoms with Gasteiger partial charge in [0, 0.05) is 18.8 Å². The lowest BCUT2D eigenvalue weighted by molar-refractivity contribution is -0.132. The summed E-state index contributed by atoms with van der Waals surface area (Å²) in [4.78, 5) is 32.1. The Morgan fingerprint density at radius 1 is 1.17 bits per heavy atom. The summed E-state index contributed by atoms with van der Waals surface area (Å²) in [5.74, 6) is -1.04. The number of amides is 2. The fourth-order valence-electron chi connectivity index (χ4n) is 3.96. The second kappa shape index (κ2) is 8.92. The first kappa shape index (κ1) is 20.5. The molecule has 1 unspecified atom stereocenters. The van der Waals surface area contributed by atoms with E-state index in [2.05, 4.69) is 5.32 Å². The van der Waals surface area contributed by atoms with Gasteiger partial charge in [-0.15, -0.1) is 0 Å². The number of carbonyl (C=O) groups is 2. The van der Waals surface area contributed by atoms with Crippen LogP contribution in [-0.4, -0.2) is 36.1 Å². The van der Waals surface area contributed by atoms with Crippen molar-refractivity contribution in [1.82, 2.24) is 4.98 Å². The number of aryl methyl sites for hydroxylation is 1. The SMILES string of the molecule is CC(C(=O)Nc1ccc(F)cc1)c1ccc2c(n1)CCCN2C(=O)[C@@H]1CCCCO1. The van der Waals surface area contributed by atoms with Crippen LogP contribution in [0.1, 0.15) is 49.9 Å². The molecule has 1 aromatic carbocycles. The standard InChI is InChI=1S/C23H26FN3O3/c1-15(22(28)25-17-9-7-16(24)8-10-17)18-11-12-20-19(26-18)5-4-13-27(20)23(29)21-6-2-3-14-30-21/h7-12,15,21H,2-6,13-14H2,1H3,(H,25,28)/t15?,21-/m0/s1. The minimum absolute atomic E-state index is 0.00676. The zero-order chi connectivity index (χ0) is 21.1. The number of hydrogen-bond donors (Lipinski definition) is 1. The van der Waals surface area contributed by atoms with Gasteiger partial charge in [-0.3, -0.25) is 14.6 Å². The third-order valence-corrected chi connectivity index (χ3v) is 5.73. The lowest BCUT2D eigenvalue weighted by Gasteiger charge is -2.33. The van der Waals surface area contributed by atoms with Gasteiger partial charge in [0.25, 0.3) is 5.91 Å². The third kappa shape index (κ3) is 4.36. The minimum atomic E-state index is -0.479. The summed E-state index contributed by atoms with van der Waals surface area (Å²) >= 11 is 0. The van der Waals surface area contributed by atoms with Gasteiger partial charge in [0.2, 0.25) is 5.91 Å². The number of nitrogens with zero attached hydrogens (tertiary/aromatic N) is 2. The number of benzene rings is 1. The predicted molar refractivity (Wildman–Crippen MR) is 112 cm³/mol. The van der Waals surface area contributed by atoms with Crippen LogP contribution in [0.2, 0.25) is 0 Å². The van der Waals surface area contributed by atoms with E-state index in [-0.39, 0.29) is 23.7 Å². The molecule has 0 bridgehead atoms. The van der Waals surface area contributed by atoms with E-state index in [9.17, 15) is 14.0 Å². The molecular weight excluding hydrogens is 385 g/mol. The molecule has 0 spiro atoms. The summed E-state index contributed by atoms with van der Waals surface area (Å²) in [5, 5.41) is 2.79. The highest BCUT2D eigenvalue weighted by Crippen LogP contribution is 2.30. The van der Waals surface area contributed by atoms with Crippen molar-refractivity contribution in [3.8, 4) is 0 Å². The van der Waals surface area contributed by atoms with Crippen molar-refractivity contribution in [3.63, 3.8) is 0 Å². The summed E-state index contributed by atoms with van der Waals surface area (Å²) in [6, 6.07) is 9.35. The first-order valence-corrected chi connectivity index (χ1v) is 10.5. The zero-order valence-corrected chi connectivity index (χ0v) is 17.1. The van der Waals surface area contributed by atoms with E-state index in [1.807, 2.05) is 6.07 Å². The van der Waals surface area contributed by atoms with Crippen molar-refractivity contribution >= 4 is 23.2 Å². The molecule has 4 rings (SSSR count). The maximum Gasteiger partial charge on any atom is 0.256 e. The van der Waals surface area contributed by atoms with Crippen LogP contribution in [-0.2, 0) is 20.7 Å².